The van der Waals surface area contributed by atoms with E-state index >= 15 is 0 Å². The third-order valence-corrected chi connectivity index (χ3v) is 3.87. The number of benzene rings is 2. The van der Waals surface area contributed by atoms with Crippen molar-refractivity contribution in [3.05, 3.63) is 63.6 Å². The Morgan fingerprint density at radius 2 is 1.83 bits per heavy atom. The highest BCUT2D eigenvalue weighted by atomic mass is 35.5. The number of amides is 2. The van der Waals surface area contributed by atoms with Gasteiger partial charge in [-0.15, -0.1) is 0 Å². The normalized spacial score (nSPS) is 10.2. The molecule has 0 aliphatic heterocycles. The predicted octanol–water partition coefficient (Wildman–Crippen LogP) is 3.60. The largest absolute Gasteiger partial charge is 0.347 e. The molecule has 120 valence electrons. The summed E-state index contributed by atoms with van der Waals surface area (Å²) in [4.78, 5) is 23.6. The van der Waals surface area contributed by atoms with Gasteiger partial charge in [-0.3, -0.25) is 9.59 Å². The number of carbonyl (C=O) groups excluding carboxylic acids is 2. The van der Waals surface area contributed by atoms with Gasteiger partial charge in [0.05, 0.1) is 0 Å². The lowest BCUT2D eigenvalue weighted by molar-refractivity contribution is -0.136. The average molecular weight is 351 g/mol. The van der Waals surface area contributed by atoms with E-state index in [0.717, 1.165) is 11.1 Å². The first-order chi connectivity index (χ1) is 11.0. The Bertz CT molecular complexity index is 732. The molecule has 0 saturated heterocycles. The van der Waals surface area contributed by atoms with Crippen molar-refractivity contribution in [2.45, 2.75) is 13.3 Å². The summed E-state index contributed by atoms with van der Waals surface area (Å²) >= 11 is 11.9. The van der Waals surface area contributed by atoms with Gasteiger partial charge in [-0.05, 0) is 48.7 Å². The maximum absolute atomic E-state index is 11.8. The van der Waals surface area contributed by atoms with E-state index in [0.29, 0.717) is 28.7 Å². The number of hydrogen-bond acceptors (Lipinski definition) is 2. The fraction of sp³-hybridized carbons (Fsp3) is 0.176. The summed E-state index contributed by atoms with van der Waals surface area (Å²) in [7, 11) is 0. The Labute approximate surface area is 144 Å². The molecule has 0 saturated carbocycles. The van der Waals surface area contributed by atoms with E-state index in [1.54, 1.807) is 24.3 Å². The number of hydrogen-bond donors (Lipinski definition) is 2. The van der Waals surface area contributed by atoms with Crippen LogP contribution in [0.15, 0.2) is 42.5 Å². The molecule has 2 N–H and O–H groups in total. The van der Waals surface area contributed by atoms with Gasteiger partial charge in [0, 0.05) is 22.3 Å². The second kappa shape index (κ2) is 7.99. The van der Waals surface area contributed by atoms with E-state index in [1.807, 2.05) is 25.1 Å². The Balaban J connectivity index is 1.83. The first-order valence-corrected chi connectivity index (χ1v) is 7.81. The van der Waals surface area contributed by atoms with Crippen molar-refractivity contribution in [2.24, 2.45) is 0 Å². The lowest BCUT2D eigenvalue weighted by Crippen LogP contribution is -2.36. The van der Waals surface area contributed by atoms with Crippen molar-refractivity contribution in [3.8, 4) is 0 Å². The molecule has 0 aromatic heterocycles. The molecule has 0 heterocycles. The zero-order valence-electron chi connectivity index (χ0n) is 12.5. The molecule has 0 fully saturated rings. The molecule has 0 atom stereocenters. The van der Waals surface area contributed by atoms with Crippen LogP contribution >= 0.6 is 23.2 Å². The Morgan fingerprint density at radius 1 is 1.04 bits per heavy atom. The molecule has 23 heavy (non-hydrogen) atoms. The predicted molar refractivity (Wildman–Crippen MR) is 93.0 cm³/mol. The number of rotatable bonds is 4. The van der Waals surface area contributed by atoms with E-state index in [2.05, 4.69) is 10.6 Å². The molecule has 2 aromatic carbocycles. The molecule has 2 amide bonds. The third kappa shape index (κ3) is 5.27. The molecule has 4 nitrogen and oxygen atoms in total. The molecule has 2 rings (SSSR count). The molecule has 0 radical (unpaired) electrons. The van der Waals surface area contributed by atoms with E-state index in [-0.39, 0.29) is 0 Å². The molecule has 6 heteroatoms. The van der Waals surface area contributed by atoms with Crippen LogP contribution in [0.4, 0.5) is 5.69 Å². The first kappa shape index (κ1) is 17.3. The van der Waals surface area contributed by atoms with Gasteiger partial charge >= 0.3 is 11.8 Å². The number of aryl methyl sites for hydroxylation is 1. The fourth-order valence-corrected chi connectivity index (χ4v) is 2.35. The maximum atomic E-state index is 11.8. The summed E-state index contributed by atoms with van der Waals surface area (Å²) in [5, 5.41) is 6.25. The van der Waals surface area contributed by atoms with E-state index in [1.165, 1.54) is 0 Å². The first-order valence-electron chi connectivity index (χ1n) is 7.05. The quantitative estimate of drug-likeness (QED) is 0.827. The molecule has 0 unspecified atom stereocenters. The minimum atomic E-state index is -0.726. The van der Waals surface area contributed by atoms with Crippen LogP contribution < -0.4 is 10.6 Å². The number of carbonyl (C=O) groups is 2. The summed E-state index contributed by atoms with van der Waals surface area (Å²) in [5.74, 6) is -1.42. The van der Waals surface area contributed by atoms with Gasteiger partial charge in [0.25, 0.3) is 0 Å². The van der Waals surface area contributed by atoms with Crippen molar-refractivity contribution < 1.29 is 9.59 Å². The van der Waals surface area contributed by atoms with E-state index in [4.69, 9.17) is 23.2 Å². The molecule has 2 aromatic rings. The van der Waals surface area contributed by atoms with Crippen molar-refractivity contribution in [1.29, 1.82) is 0 Å². The van der Waals surface area contributed by atoms with Gasteiger partial charge in [0.2, 0.25) is 0 Å². The molecule has 0 spiro atoms. The van der Waals surface area contributed by atoms with Crippen molar-refractivity contribution >= 4 is 40.7 Å². The summed E-state index contributed by atoms with van der Waals surface area (Å²) in [6.45, 7) is 2.21. The average Bonchev–Trinajstić information content (AvgIpc) is 2.51. The van der Waals surface area contributed by atoms with Crippen LogP contribution in [0.5, 0.6) is 0 Å². The van der Waals surface area contributed by atoms with Gasteiger partial charge in [-0.2, -0.15) is 0 Å². The van der Waals surface area contributed by atoms with Crippen molar-refractivity contribution in [1.82, 2.24) is 5.32 Å². The monoisotopic (exact) mass is 350 g/mol. The van der Waals surface area contributed by atoms with Gasteiger partial charge in [-0.25, -0.2) is 0 Å². The van der Waals surface area contributed by atoms with E-state index < -0.39 is 11.8 Å². The summed E-state index contributed by atoms with van der Waals surface area (Å²) in [6.07, 6.45) is 0.593. The van der Waals surface area contributed by atoms with Crippen LogP contribution in [-0.2, 0) is 16.0 Å². The zero-order chi connectivity index (χ0) is 16.8. The van der Waals surface area contributed by atoms with Gasteiger partial charge in [0.1, 0.15) is 0 Å². The zero-order valence-corrected chi connectivity index (χ0v) is 14.0. The number of halogens is 2. The second-order valence-corrected chi connectivity index (χ2v) is 5.90. The summed E-state index contributed by atoms with van der Waals surface area (Å²) < 4.78 is 0. The molecule has 0 bridgehead atoms. The Morgan fingerprint density at radius 3 is 2.52 bits per heavy atom. The molecule has 0 aliphatic rings. The van der Waals surface area contributed by atoms with Gasteiger partial charge in [-0.1, -0.05) is 41.4 Å². The highest BCUT2D eigenvalue weighted by molar-refractivity contribution is 6.39. The highest BCUT2D eigenvalue weighted by Gasteiger charge is 2.13. The lowest BCUT2D eigenvalue weighted by Gasteiger charge is -2.08. The van der Waals surface area contributed by atoms with Crippen LogP contribution in [0, 0.1) is 6.92 Å². The Kier molecular flexibility index (Phi) is 6.02. The van der Waals surface area contributed by atoms with Crippen LogP contribution in [-0.4, -0.2) is 18.4 Å². The summed E-state index contributed by atoms with van der Waals surface area (Å²) in [5.41, 5.74) is 2.37. The minimum Gasteiger partial charge on any atom is -0.347 e. The third-order valence-electron chi connectivity index (χ3n) is 3.22. The summed E-state index contributed by atoms with van der Waals surface area (Å²) in [6, 6.07) is 12.4. The smallest absolute Gasteiger partial charge is 0.313 e. The van der Waals surface area contributed by atoms with Crippen LogP contribution in [0.2, 0.25) is 10.0 Å². The molecular formula is C17H16Cl2N2O2. The number of nitrogens with one attached hydrogen (secondary N) is 2. The van der Waals surface area contributed by atoms with Crippen LogP contribution in [0.25, 0.3) is 0 Å². The van der Waals surface area contributed by atoms with Crippen LogP contribution in [0.1, 0.15) is 11.1 Å². The van der Waals surface area contributed by atoms with Crippen LogP contribution in [0.3, 0.4) is 0 Å². The number of anilines is 1. The lowest BCUT2D eigenvalue weighted by atomic mass is 10.1. The molecular weight excluding hydrogens is 335 g/mol. The molecule has 0 aliphatic carbocycles. The fourth-order valence-electron chi connectivity index (χ4n) is 1.95. The van der Waals surface area contributed by atoms with Crippen molar-refractivity contribution in [3.63, 3.8) is 0 Å². The standard InChI is InChI=1S/C17H16Cl2N2O2/c1-11-5-6-14(10-15(11)19)21-17(23)16(22)20-8-7-12-3-2-4-13(18)9-12/h2-6,9-10H,7-8H2,1H3,(H,20,22)(H,21,23). The second-order valence-electron chi connectivity index (χ2n) is 5.05. The SMILES string of the molecule is Cc1ccc(NC(=O)C(=O)NCCc2cccc(Cl)c2)cc1Cl. The van der Waals surface area contributed by atoms with E-state index in [9.17, 15) is 9.59 Å². The topological polar surface area (TPSA) is 58.2 Å². The minimum absolute atomic E-state index is 0.348. The highest BCUT2D eigenvalue weighted by Crippen LogP contribution is 2.19. The van der Waals surface area contributed by atoms with Crippen molar-refractivity contribution in [2.75, 3.05) is 11.9 Å². The van der Waals surface area contributed by atoms with Gasteiger partial charge in [0.15, 0.2) is 0 Å². The maximum Gasteiger partial charge on any atom is 0.313 e. The van der Waals surface area contributed by atoms with Gasteiger partial charge < -0.3 is 10.6 Å². The Hall–Kier alpha value is -2.04.